The van der Waals surface area contributed by atoms with Crippen molar-refractivity contribution in [3.63, 3.8) is 0 Å². The SMILES string of the molecule is CCn1c(CCS)nc2cc(Cl)ccc21. The molecule has 0 aliphatic rings. The van der Waals surface area contributed by atoms with Gasteiger partial charge >= 0.3 is 0 Å². The summed E-state index contributed by atoms with van der Waals surface area (Å²) in [5.41, 5.74) is 2.12. The van der Waals surface area contributed by atoms with E-state index in [4.69, 9.17) is 11.6 Å². The minimum Gasteiger partial charge on any atom is -0.328 e. The standard InChI is InChI=1S/C11H13ClN2S/c1-2-14-10-4-3-8(12)7-9(10)13-11(14)5-6-15/h3-4,7,15H,2,5-6H2,1H3. The molecule has 0 N–H and O–H groups in total. The average molecular weight is 241 g/mol. The summed E-state index contributed by atoms with van der Waals surface area (Å²) in [4.78, 5) is 4.56. The molecule has 1 aromatic heterocycles. The van der Waals surface area contributed by atoms with Gasteiger partial charge in [0.25, 0.3) is 0 Å². The quantitative estimate of drug-likeness (QED) is 0.816. The van der Waals surface area contributed by atoms with Crippen LogP contribution in [0.4, 0.5) is 0 Å². The number of aryl methyl sites for hydroxylation is 2. The lowest BCUT2D eigenvalue weighted by molar-refractivity contribution is 0.728. The topological polar surface area (TPSA) is 17.8 Å². The zero-order valence-electron chi connectivity index (χ0n) is 8.57. The van der Waals surface area contributed by atoms with Crippen molar-refractivity contribution >= 4 is 35.3 Å². The summed E-state index contributed by atoms with van der Waals surface area (Å²) in [6.07, 6.45) is 0.892. The second-order valence-electron chi connectivity index (χ2n) is 3.38. The Morgan fingerprint density at radius 3 is 2.93 bits per heavy atom. The lowest BCUT2D eigenvalue weighted by Gasteiger charge is -2.03. The minimum absolute atomic E-state index is 0.737. The average Bonchev–Trinajstić information content (AvgIpc) is 2.54. The van der Waals surface area contributed by atoms with E-state index >= 15 is 0 Å². The number of hydrogen-bond acceptors (Lipinski definition) is 2. The first-order chi connectivity index (χ1) is 7.26. The number of imidazole rings is 1. The summed E-state index contributed by atoms with van der Waals surface area (Å²) in [7, 11) is 0. The van der Waals surface area contributed by atoms with Gasteiger partial charge in [-0.05, 0) is 30.9 Å². The number of rotatable bonds is 3. The van der Waals surface area contributed by atoms with Crippen molar-refractivity contribution < 1.29 is 0 Å². The normalized spacial score (nSPS) is 11.1. The predicted octanol–water partition coefficient (Wildman–Crippen LogP) is 3.18. The molecular formula is C11H13ClN2S. The van der Waals surface area contributed by atoms with Gasteiger partial charge in [-0.25, -0.2) is 4.98 Å². The van der Waals surface area contributed by atoms with Crippen molar-refractivity contribution in [2.24, 2.45) is 0 Å². The third kappa shape index (κ3) is 1.99. The first-order valence-corrected chi connectivity index (χ1v) is 6.02. The van der Waals surface area contributed by atoms with E-state index in [-0.39, 0.29) is 0 Å². The molecule has 2 nitrogen and oxygen atoms in total. The highest BCUT2D eigenvalue weighted by atomic mass is 35.5. The van der Waals surface area contributed by atoms with Crippen LogP contribution in [0.25, 0.3) is 11.0 Å². The Kier molecular flexibility index (Phi) is 3.22. The highest BCUT2D eigenvalue weighted by molar-refractivity contribution is 7.80. The van der Waals surface area contributed by atoms with Gasteiger partial charge in [0.15, 0.2) is 0 Å². The minimum atomic E-state index is 0.737. The molecule has 15 heavy (non-hydrogen) atoms. The number of halogens is 1. The van der Waals surface area contributed by atoms with Gasteiger partial charge in [-0.15, -0.1) is 0 Å². The fourth-order valence-electron chi connectivity index (χ4n) is 1.80. The zero-order valence-corrected chi connectivity index (χ0v) is 10.2. The molecule has 0 fully saturated rings. The lowest BCUT2D eigenvalue weighted by atomic mass is 10.3. The van der Waals surface area contributed by atoms with Gasteiger partial charge in [0.1, 0.15) is 5.82 Å². The molecule has 1 heterocycles. The maximum atomic E-state index is 5.94. The van der Waals surface area contributed by atoms with Crippen molar-refractivity contribution in [2.45, 2.75) is 19.9 Å². The molecule has 0 radical (unpaired) electrons. The van der Waals surface area contributed by atoms with E-state index in [1.807, 2.05) is 18.2 Å². The molecule has 0 bridgehead atoms. The van der Waals surface area contributed by atoms with Crippen LogP contribution in [0.2, 0.25) is 5.02 Å². The van der Waals surface area contributed by atoms with Gasteiger partial charge < -0.3 is 4.57 Å². The fraction of sp³-hybridized carbons (Fsp3) is 0.364. The first-order valence-electron chi connectivity index (χ1n) is 5.01. The Morgan fingerprint density at radius 1 is 1.47 bits per heavy atom. The van der Waals surface area contributed by atoms with Crippen molar-refractivity contribution in [2.75, 3.05) is 5.75 Å². The van der Waals surface area contributed by atoms with Gasteiger partial charge in [-0.1, -0.05) is 11.6 Å². The Labute approximate surface area is 99.7 Å². The highest BCUT2D eigenvalue weighted by Gasteiger charge is 2.08. The molecule has 0 unspecified atom stereocenters. The van der Waals surface area contributed by atoms with Crippen molar-refractivity contribution in [1.29, 1.82) is 0 Å². The van der Waals surface area contributed by atoms with Crippen LogP contribution < -0.4 is 0 Å². The maximum Gasteiger partial charge on any atom is 0.110 e. The molecule has 0 saturated carbocycles. The van der Waals surface area contributed by atoms with Crippen LogP contribution in [0, 0.1) is 0 Å². The van der Waals surface area contributed by atoms with E-state index in [1.54, 1.807) is 0 Å². The second-order valence-corrected chi connectivity index (χ2v) is 4.26. The number of fused-ring (bicyclic) bond motifs is 1. The zero-order chi connectivity index (χ0) is 10.8. The Balaban J connectivity index is 2.62. The monoisotopic (exact) mass is 240 g/mol. The van der Waals surface area contributed by atoms with Crippen LogP contribution in [-0.2, 0) is 13.0 Å². The smallest absolute Gasteiger partial charge is 0.110 e. The van der Waals surface area contributed by atoms with Crippen LogP contribution in [0.1, 0.15) is 12.7 Å². The summed E-state index contributed by atoms with van der Waals surface area (Å²) in [6.45, 7) is 3.05. The number of hydrogen-bond donors (Lipinski definition) is 1. The van der Waals surface area contributed by atoms with E-state index in [0.29, 0.717) is 0 Å². The van der Waals surface area contributed by atoms with Gasteiger partial charge in [-0.3, -0.25) is 0 Å². The third-order valence-corrected chi connectivity index (χ3v) is 2.90. The van der Waals surface area contributed by atoms with E-state index in [0.717, 1.165) is 40.6 Å². The van der Waals surface area contributed by atoms with Crippen LogP contribution in [-0.4, -0.2) is 15.3 Å². The van der Waals surface area contributed by atoms with Crippen LogP contribution in [0.3, 0.4) is 0 Å². The molecule has 0 amide bonds. The summed E-state index contributed by atoms with van der Waals surface area (Å²) >= 11 is 10.2. The number of thiol groups is 1. The van der Waals surface area contributed by atoms with Crippen LogP contribution >= 0.6 is 24.2 Å². The first kappa shape index (κ1) is 10.8. The van der Waals surface area contributed by atoms with Crippen molar-refractivity contribution in [3.8, 4) is 0 Å². The van der Waals surface area contributed by atoms with E-state index in [1.165, 1.54) is 0 Å². The molecule has 0 aliphatic heterocycles. The lowest BCUT2D eigenvalue weighted by Crippen LogP contribution is -2.02. The van der Waals surface area contributed by atoms with E-state index < -0.39 is 0 Å². The van der Waals surface area contributed by atoms with Crippen molar-refractivity contribution in [1.82, 2.24) is 9.55 Å². The summed E-state index contributed by atoms with van der Waals surface area (Å²) in [5.74, 6) is 1.90. The molecular weight excluding hydrogens is 228 g/mol. The van der Waals surface area contributed by atoms with Crippen molar-refractivity contribution in [3.05, 3.63) is 29.0 Å². The maximum absolute atomic E-state index is 5.94. The summed E-state index contributed by atoms with van der Waals surface area (Å²) in [5, 5.41) is 0.737. The van der Waals surface area contributed by atoms with Gasteiger partial charge in [0.2, 0.25) is 0 Å². The second kappa shape index (κ2) is 4.45. The molecule has 4 heteroatoms. The van der Waals surface area contributed by atoms with E-state index in [2.05, 4.69) is 29.1 Å². The van der Waals surface area contributed by atoms with Crippen LogP contribution in [0.5, 0.6) is 0 Å². The molecule has 0 atom stereocenters. The fourth-order valence-corrected chi connectivity index (χ4v) is 2.16. The Morgan fingerprint density at radius 2 is 2.27 bits per heavy atom. The predicted molar refractivity (Wildman–Crippen MR) is 68.0 cm³/mol. The number of aromatic nitrogens is 2. The Hall–Kier alpha value is -0.670. The number of benzene rings is 1. The Bertz CT molecular complexity index is 479. The molecule has 1 aromatic carbocycles. The largest absolute Gasteiger partial charge is 0.328 e. The third-order valence-electron chi connectivity index (χ3n) is 2.44. The summed E-state index contributed by atoms with van der Waals surface area (Å²) in [6, 6.07) is 5.84. The molecule has 0 aliphatic carbocycles. The molecule has 0 spiro atoms. The molecule has 2 aromatic rings. The van der Waals surface area contributed by atoms with Gasteiger partial charge in [0, 0.05) is 18.0 Å². The van der Waals surface area contributed by atoms with Gasteiger partial charge in [0.05, 0.1) is 11.0 Å². The summed E-state index contributed by atoms with van der Waals surface area (Å²) < 4.78 is 2.21. The molecule has 80 valence electrons. The van der Waals surface area contributed by atoms with E-state index in [9.17, 15) is 0 Å². The molecule has 0 saturated heterocycles. The number of nitrogens with zero attached hydrogens (tertiary/aromatic N) is 2. The van der Waals surface area contributed by atoms with Crippen LogP contribution in [0.15, 0.2) is 18.2 Å². The molecule has 2 rings (SSSR count). The van der Waals surface area contributed by atoms with Gasteiger partial charge in [-0.2, -0.15) is 12.6 Å². The highest BCUT2D eigenvalue weighted by Crippen LogP contribution is 2.20.